The van der Waals surface area contributed by atoms with Gasteiger partial charge in [-0.25, -0.2) is 0 Å². The van der Waals surface area contributed by atoms with Crippen molar-refractivity contribution in [3.05, 3.63) is 71.8 Å². The first-order chi connectivity index (χ1) is 11.6. The lowest BCUT2D eigenvalue weighted by Gasteiger charge is -2.30. The Morgan fingerprint density at radius 3 is 2.12 bits per heavy atom. The summed E-state index contributed by atoms with van der Waals surface area (Å²) in [6.45, 7) is 4.50. The number of amides is 2. The maximum atomic E-state index is 12.7. The van der Waals surface area contributed by atoms with Gasteiger partial charge in [0.05, 0.1) is 0 Å². The summed E-state index contributed by atoms with van der Waals surface area (Å²) in [7, 11) is 0. The third kappa shape index (κ3) is 4.69. The Kier molecular flexibility index (Phi) is 6.55. The molecule has 0 bridgehead atoms. The van der Waals surface area contributed by atoms with E-state index >= 15 is 0 Å². The topological polar surface area (TPSA) is 49.4 Å². The van der Waals surface area contributed by atoms with Crippen LogP contribution in [0.3, 0.4) is 0 Å². The van der Waals surface area contributed by atoms with Crippen LogP contribution in [0.4, 0.5) is 0 Å². The molecule has 2 rings (SSSR count). The molecule has 24 heavy (non-hydrogen) atoms. The van der Waals surface area contributed by atoms with Gasteiger partial charge in [0.25, 0.3) is 0 Å². The van der Waals surface area contributed by atoms with E-state index < -0.39 is 6.04 Å². The molecule has 0 aliphatic heterocycles. The summed E-state index contributed by atoms with van der Waals surface area (Å²) in [6.07, 6.45) is 0.853. The fourth-order valence-electron chi connectivity index (χ4n) is 2.62. The largest absolute Gasteiger partial charge is 0.354 e. The lowest BCUT2D eigenvalue weighted by Crippen LogP contribution is -2.42. The number of hydrogen-bond donors (Lipinski definition) is 1. The number of nitrogens with zero attached hydrogens (tertiary/aromatic N) is 1. The van der Waals surface area contributed by atoms with Gasteiger partial charge in [-0.2, -0.15) is 0 Å². The molecule has 0 saturated carbocycles. The number of carbonyl (C=O) groups is 2. The monoisotopic (exact) mass is 324 g/mol. The molecule has 4 heteroatoms. The molecule has 0 spiro atoms. The molecule has 0 aliphatic carbocycles. The lowest BCUT2D eigenvalue weighted by atomic mass is 10.0. The van der Waals surface area contributed by atoms with Crippen molar-refractivity contribution in [1.29, 1.82) is 0 Å². The summed E-state index contributed by atoms with van der Waals surface area (Å²) in [6, 6.07) is 18.5. The van der Waals surface area contributed by atoms with Crippen LogP contribution in [-0.2, 0) is 16.1 Å². The number of benzene rings is 2. The molecule has 0 fully saturated rings. The Bertz CT molecular complexity index is 656. The Morgan fingerprint density at radius 2 is 1.58 bits per heavy atom. The van der Waals surface area contributed by atoms with Crippen molar-refractivity contribution in [1.82, 2.24) is 10.2 Å². The third-order valence-electron chi connectivity index (χ3n) is 3.82. The molecule has 0 saturated heterocycles. The molecule has 2 aromatic rings. The van der Waals surface area contributed by atoms with E-state index in [1.54, 1.807) is 4.90 Å². The van der Waals surface area contributed by atoms with Crippen LogP contribution in [0.1, 0.15) is 37.4 Å². The maximum Gasteiger partial charge on any atom is 0.247 e. The second-order valence-electron chi connectivity index (χ2n) is 5.74. The highest BCUT2D eigenvalue weighted by molar-refractivity contribution is 5.88. The number of nitrogens with one attached hydrogen (secondary N) is 1. The minimum Gasteiger partial charge on any atom is -0.354 e. The van der Waals surface area contributed by atoms with Gasteiger partial charge in [-0.3, -0.25) is 9.59 Å². The molecule has 2 aromatic carbocycles. The van der Waals surface area contributed by atoms with E-state index in [9.17, 15) is 9.59 Å². The zero-order valence-electron chi connectivity index (χ0n) is 14.2. The molecular formula is C20H24N2O2. The van der Waals surface area contributed by atoms with Gasteiger partial charge in [0.15, 0.2) is 0 Å². The summed E-state index contributed by atoms with van der Waals surface area (Å²) < 4.78 is 0. The highest BCUT2D eigenvalue weighted by Crippen LogP contribution is 2.23. The smallest absolute Gasteiger partial charge is 0.247 e. The van der Waals surface area contributed by atoms with Crippen LogP contribution in [0.15, 0.2) is 60.7 Å². The minimum absolute atomic E-state index is 0.126. The van der Waals surface area contributed by atoms with Crippen molar-refractivity contribution >= 4 is 11.8 Å². The summed E-state index contributed by atoms with van der Waals surface area (Å²) >= 11 is 0. The first-order valence-electron chi connectivity index (χ1n) is 8.27. The highest BCUT2D eigenvalue weighted by atomic mass is 16.2. The van der Waals surface area contributed by atoms with E-state index in [2.05, 4.69) is 5.32 Å². The fourth-order valence-corrected chi connectivity index (χ4v) is 2.62. The van der Waals surface area contributed by atoms with Gasteiger partial charge < -0.3 is 10.2 Å². The van der Waals surface area contributed by atoms with Gasteiger partial charge in [-0.1, -0.05) is 67.6 Å². The second kappa shape index (κ2) is 8.87. The zero-order valence-corrected chi connectivity index (χ0v) is 14.2. The molecule has 0 radical (unpaired) electrons. The summed E-state index contributed by atoms with van der Waals surface area (Å²) in [5, 5.41) is 2.92. The Morgan fingerprint density at radius 1 is 1.00 bits per heavy atom. The molecule has 0 aliphatic rings. The SMILES string of the molecule is CCCNC(=O)[C@@H](c1ccccc1)N(Cc1ccccc1)C(C)=O. The van der Waals surface area contributed by atoms with Gasteiger partial charge in [-0.15, -0.1) is 0 Å². The molecule has 0 unspecified atom stereocenters. The molecule has 4 nitrogen and oxygen atoms in total. The van der Waals surface area contributed by atoms with E-state index in [0.717, 1.165) is 17.5 Å². The van der Waals surface area contributed by atoms with E-state index in [1.807, 2.05) is 67.6 Å². The molecule has 0 heterocycles. The third-order valence-corrected chi connectivity index (χ3v) is 3.82. The number of hydrogen-bond acceptors (Lipinski definition) is 2. The summed E-state index contributed by atoms with van der Waals surface area (Å²) in [5.41, 5.74) is 1.81. The molecular weight excluding hydrogens is 300 g/mol. The summed E-state index contributed by atoms with van der Waals surface area (Å²) in [5.74, 6) is -0.270. The van der Waals surface area contributed by atoms with Crippen LogP contribution in [0.5, 0.6) is 0 Å². The highest BCUT2D eigenvalue weighted by Gasteiger charge is 2.29. The van der Waals surface area contributed by atoms with Crippen LogP contribution < -0.4 is 5.32 Å². The summed E-state index contributed by atoms with van der Waals surface area (Å²) in [4.78, 5) is 26.6. The van der Waals surface area contributed by atoms with E-state index in [-0.39, 0.29) is 11.8 Å². The number of carbonyl (C=O) groups excluding carboxylic acids is 2. The predicted octanol–water partition coefficient (Wildman–Crippen LogP) is 3.30. The normalized spacial score (nSPS) is 11.6. The van der Waals surface area contributed by atoms with Gasteiger partial charge >= 0.3 is 0 Å². The lowest BCUT2D eigenvalue weighted by molar-refractivity contribution is -0.140. The van der Waals surface area contributed by atoms with Crippen molar-refractivity contribution in [3.63, 3.8) is 0 Å². The molecule has 126 valence electrons. The maximum absolute atomic E-state index is 12.7. The molecule has 1 N–H and O–H groups in total. The average Bonchev–Trinajstić information content (AvgIpc) is 2.61. The molecule has 1 atom stereocenters. The van der Waals surface area contributed by atoms with E-state index in [4.69, 9.17) is 0 Å². The first-order valence-corrected chi connectivity index (χ1v) is 8.27. The fraction of sp³-hybridized carbons (Fsp3) is 0.300. The van der Waals surface area contributed by atoms with Gasteiger partial charge in [-0.05, 0) is 17.5 Å². The standard InChI is InChI=1S/C20H24N2O2/c1-3-14-21-20(24)19(18-12-8-5-9-13-18)22(16(2)23)15-17-10-6-4-7-11-17/h4-13,19H,3,14-15H2,1-2H3,(H,21,24)/t19-/m1/s1. The van der Waals surface area contributed by atoms with Crippen molar-refractivity contribution in [2.24, 2.45) is 0 Å². The second-order valence-corrected chi connectivity index (χ2v) is 5.74. The Labute approximate surface area is 143 Å². The van der Waals surface area contributed by atoms with E-state index in [0.29, 0.717) is 13.1 Å². The van der Waals surface area contributed by atoms with Crippen LogP contribution in [0.2, 0.25) is 0 Å². The van der Waals surface area contributed by atoms with Gasteiger partial charge in [0.1, 0.15) is 6.04 Å². The predicted molar refractivity (Wildman–Crippen MR) is 95.1 cm³/mol. The average molecular weight is 324 g/mol. The van der Waals surface area contributed by atoms with Gasteiger partial charge in [0.2, 0.25) is 11.8 Å². The van der Waals surface area contributed by atoms with Crippen LogP contribution in [-0.4, -0.2) is 23.3 Å². The van der Waals surface area contributed by atoms with Crippen molar-refractivity contribution in [2.75, 3.05) is 6.54 Å². The first kappa shape index (κ1) is 17.7. The van der Waals surface area contributed by atoms with Gasteiger partial charge in [0, 0.05) is 20.0 Å². The zero-order chi connectivity index (χ0) is 17.4. The molecule has 2 amide bonds. The van der Waals surface area contributed by atoms with Crippen LogP contribution in [0.25, 0.3) is 0 Å². The van der Waals surface area contributed by atoms with Crippen LogP contribution in [0, 0.1) is 0 Å². The molecule has 0 aromatic heterocycles. The minimum atomic E-state index is -0.629. The van der Waals surface area contributed by atoms with E-state index in [1.165, 1.54) is 6.92 Å². The number of rotatable bonds is 7. The van der Waals surface area contributed by atoms with Crippen LogP contribution >= 0.6 is 0 Å². The van der Waals surface area contributed by atoms with Crippen molar-refractivity contribution in [3.8, 4) is 0 Å². The van der Waals surface area contributed by atoms with Crippen molar-refractivity contribution < 1.29 is 9.59 Å². The van der Waals surface area contributed by atoms with Crippen molar-refractivity contribution in [2.45, 2.75) is 32.9 Å². The Hall–Kier alpha value is -2.62. The quantitative estimate of drug-likeness (QED) is 0.849. The Balaban J connectivity index is 2.34.